The van der Waals surface area contributed by atoms with Gasteiger partial charge in [-0.3, -0.25) is 4.79 Å². The van der Waals surface area contributed by atoms with Crippen LogP contribution in [-0.4, -0.2) is 140 Å². The number of hydrogen-bond acceptors (Lipinski definition) is 13. The first kappa shape index (κ1) is 79.6. The first-order valence-electron chi connectivity index (χ1n) is 36.1. The quantitative estimate of drug-likeness (QED) is 0.0204. The number of amides is 1. The fourth-order valence-corrected chi connectivity index (χ4v) is 12.1. The standard InChI is InChI=1S/C71H135NO13/c1-3-5-7-9-11-13-15-17-19-21-23-24-25-26-27-28-29-30-31-32-33-34-35-37-38-40-42-44-46-48-50-52-54-60(75)59(72-63(76)55-53-51-49-47-45-43-41-39-36-22-20-18-16-14-12-10-8-6-4-2)58-82-70-68(81)66(79)69(62(57-74)84-70)85-71-67(80)65(78)64(77)61(56-73)83-71/h18,20,52,54,59-62,64-71,73-75,77-81H,3-17,19,21-51,53,55-58H2,1-2H3,(H,72,76)/b20-18-,54-52+. The Kier molecular flexibility index (Phi) is 52.8. The van der Waals surface area contributed by atoms with Crippen LogP contribution in [0.1, 0.15) is 328 Å². The van der Waals surface area contributed by atoms with Gasteiger partial charge in [0.1, 0.15) is 48.8 Å². The molecule has 9 N–H and O–H groups in total. The van der Waals surface area contributed by atoms with E-state index in [1.807, 2.05) is 6.08 Å². The van der Waals surface area contributed by atoms with E-state index in [-0.39, 0.29) is 18.9 Å². The Balaban J connectivity index is 1.65. The number of hydrogen-bond donors (Lipinski definition) is 9. The van der Waals surface area contributed by atoms with Crippen molar-refractivity contribution in [2.24, 2.45) is 0 Å². The molecule has 14 heteroatoms. The highest BCUT2D eigenvalue weighted by Gasteiger charge is 2.51. The van der Waals surface area contributed by atoms with E-state index >= 15 is 0 Å². The zero-order valence-corrected chi connectivity index (χ0v) is 54.6. The van der Waals surface area contributed by atoms with Crippen LogP contribution in [0.4, 0.5) is 0 Å². The van der Waals surface area contributed by atoms with Crippen molar-refractivity contribution in [1.29, 1.82) is 0 Å². The Morgan fingerprint density at radius 1 is 0.412 bits per heavy atom. The number of allylic oxidation sites excluding steroid dienone is 3. The van der Waals surface area contributed by atoms with Gasteiger partial charge < -0.3 is 65.1 Å². The molecule has 14 nitrogen and oxygen atoms in total. The minimum Gasteiger partial charge on any atom is -0.394 e. The lowest BCUT2D eigenvalue weighted by molar-refractivity contribution is -0.359. The van der Waals surface area contributed by atoms with Gasteiger partial charge in [0.2, 0.25) is 5.91 Å². The fraction of sp³-hybridized carbons (Fsp3) is 0.930. The number of nitrogens with one attached hydrogen (secondary N) is 1. The van der Waals surface area contributed by atoms with E-state index in [1.165, 1.54) is 263 Å². The van der Waals surface area contributed by atoms with Crippen molar-refractivity contribution in [3.8, 4) is 0 Å². The van der Waals surface area contributed by atoms with E-state index in [0.717, 1.165) is 38.5 Å². The number of ether oxygens (including phenoxy) is 4. The average molecular weight is 1210 g/mol. The van der Waals surface area contributed by atoms with E-state index in [2.05, 4.69) is 31.3 Å². The number of carbonyl (C=O) groups excluding carboxylic acids is 1. The number of aliphatic hydroxyl groups is 8. The lowest BCUT2D eigenvalue weighted by Gasteiger charge is -2.46. The zero-order chi connectivity index (χ0) is 61.6. The van der Waals surface area contributed by atoms with Crippen molar-refractivity contribution in [1.82, 2.24) is 5.32 Å². The minimum atomic E-state index is -1.79. The lowest BCUT2D eigenvalue weighted by Crippen LogP contribution is -2.65. The Labute approximate surface area is 519 Å². The van der Waals surface area contributed by atoms with E-state index in [1.54, 1.807) is 6.08 Å². The smallest absolute Gasteiger partial charge is 0.220 e. The van der Waals surface area contributed by atoms with E-state index in [9.17, 15) is 45.6 Å². The van der Waals surface area contributed by atoms with Gasteiger partial charge in [-0.2, -0.15) is 0 Å². The maximum absolute atomic E-state index is 13.3. The Morgan fingerprint density at radius 2 is 0.741 bits per heavy atom. The SMILES string of the molecule is CCCCCCCC/C=C\CCCCCCCCCCCC(=O)NC(COC1OC(CO)C(OC2OC(CO)C(O)C(O)C2O)C(O)C1O)C(O)/C=C/CCCCCCCCCCCCCCCCCCCCCCCCCCCCCCCC. The first-order chi connectivity index (χ1) is 41.6. The zero-order valence-electron chi connectivity index (χ0n) is 54.6. The first-order valence-corrected chi connectivity index (χ1v) is 36.1. The van der Waals surface area contributed by atoms with Crippen LogP contribution in [0.2, 0.25) is 0 Å². The summed E-state index contributed by atoms with van der Waals surface area (Å²) in [6.45, 7) is 2.84. The summed E-state index contributed by atoms with van der Waals surface area (Å²) in [5.74, 6) is -0.237. The van der Waals surface area contributed by atoms with Crippen LogP contribution < -0.4 is 5.32 Å². The van der Waals surface area contributed by atoms with Crippen LogP contribution in [0.15, 0.2) is 24.3 Å². The Morgan fingerprint density at radius 3 is 1.12 bits per heavy atom. The van der Waals surface area contributed by atoms with Crippen LogP contribution in [0.5, 0.6) is 0 Å². The van der Waals surface area contributed by atoms with Gasteiger partial charge in [0.15, 0.2) is 12.6 Å². The summed E-state index contributed by atoms with van der Waals surface area (Å²) in [6, 6.07) is -0.915. The van der Waals surface area contributed by atoms with Crippen molar-refractivity contribution in [3.63, 3.8) is 0 Å². The molecule has 0 aliphatic carbocycles. The van der Waals surface area contributed by atoms with Gasteiger partial charge in [0.25, 0.3) is 0 Å². The molecule has 502 valence electrons. The van der Waals surface area contributed by atoms with Crippen LogP contribution in [0.25, 0.3) is 0 Å². The predicted molar refractivity (Wildman–Crippen MR) is 346 cm³/mol. The molecule has 12 atom stereocenters. The number of carbonyl (C=O) groups is 1. The molecule has 0 aromatic rings. The van der Waals surface area contributed by atoms with Gasteiger partial charge in [-0.15, -0.1) is 0 Å². The van der Waals surface area contributed by atoms with Crippen LogP contribution in [-0.2, 0) is 23.7 Å². The summed E-state index contributed by atoms with van der Waals surface area (Å²) in [7, 11) is 0. The summed E-state index contributed by atoms with van der Waals surface area (Å²) in [4.78, 5) is 13.3. The van der Waals surface area contributed by atoms with Gasteiger partial charge in [0, 0.05) is 6.42 Å². The van der Waals surface area contributed by atoms with Crippen molar-refractivity contribution >= 4 is 5.91 Å². The molecule has 2 saturated heterocycles. The topological polar surface area (TPSA) is 228 Å². The normalized spacial score (nSPS) is 23.6. The van der Waals surface area contributed by atoms with Gasteiger partial charge >= 0.3 is 0 Å². The molecule has 2 aliphatic heterocycles. The van der Waals surface area contributed by atoms with Gasteiger partial charge in [0.05, 0.1) is 32.0 Å². The van der Waals surface area contributed by atoms with Crippen LogP contribution >= 0.6 is 0 Å². The monoisotopic (exact) mass is 1210 g/mol. The average Bonchev–Trinajstić information content (AvgIpc) is 3.69. The molecule has 2 fully saturated rings. The summed E-state index contributed by atoms with van der Waals surface area (Å²) in [6.07, 6.45) is 53.9. The molecule has 2 heterocycles. The molecule has 0 spiro atoms. The second-order valence-corrected chi connectivity index (χ2v) is 25.7. The maximum Gasteiger partial charge on any atom is 0.220 e. The molecular weight excluding hydrogens is 1070 g/mol. The van der Waals surface area contributed by atoms with Gasteiger partial charge in [-0.25, -0.2) is 0 Å². The third kappa shape index (κ3) is 40.8. The summed E-state index contributed by atoms with van der Waals surface area (Å²) < 4.78 is 22.9. The van der Waals surface area contributed by atoms with Crippen LogP contribution in [0, 0.1) is 0 Å². The summed E-state index contributed by atoms with van der Waals surface area (Å²) in [5.41, 5.74) is 0. The molecule has 1 amide bonds. The second-order valence-electron chi connectivity index (χ2n) is 25.7. The molecule has 0 saturated carbocycles. The van der Waals surface area contributed by atoms with Gasteiger partial charge in [-0.05, 0) is 44.9 Å². The predicted octanol–water partition coefficient (Wildman–Crippen LogP) is 14.7. The highest BCUT2D eigenvalue weighted by atomic mass is 16.7. The minimum absolute atomic E-state index is 0.237. The van der Waals surface area contributed by atoms with Crippen molar-refractivity contribution in [3.05, 3.63) is 24.3 Å². The van der Waals surface area contributed by atoms with Crippen molar-refractivity contribution in [2.75, 3.05) is 19.8 Å². The third-order valence-electron chi connectivity index (χ3n) is 17.9. The largest absolute Gasteiger partial charge is 0.394 e. The molecular formula is C71H135NO13. The maximum atomic E-state index is 13.3. The second kappa shape index (κ2) is 56.5. The van der Waals surface area contributed by atoms with Crippen LogP contribution in [0.3, 0.4) is 0 Å². The molecule has 85 heavy (non-hydrogen) atoms. The molecule has 12 unspecified atom stereocenters. The molecule has 2 aliphatic rings. The van der Waals surface area contributed by atoms with E-state index in [4.69, 9.17) is 18.9 Å². The third-order valence-corrected chi connectivity index (χ3v) is 17.9. The molecule has 2 rings (SSSR count). The molecule has 0 aromatic carbocycles. The molecule has 0 radical (unpaired) electrons. The number of rotatable bonds is 60. The highest BCUT2D eigenvalue weighted by molar-refractivity contribution is 5.76. The molecule has 0 aromatic heterocycles. The lowest BCUT2D eigenvalue weighted by atomic mass is 9.97. The fourth-order valence-electron chi connectivity index (χ4n) is 12.1. The van der Waals surface area contributed by atoms with Crippen molar-refractivity contribution in [2.45, 2.75) is 402 Å². The molecule has 0 bridgehead atoms. The highest BCUT2D eigenvalue weighted by Crippen LogP contribution is 2.30. The Hall–Kier alpha value is -1.53. The van der Waals surface area contributed by atoms with Gasteiger partial charge in [-0.1, -0.05) is 301 Å². The van der Waals surface area contributed by atoms with E-state index < -0.39 is 86.8 Å². The summed E-state index contributed by atoms with van der Waals surface area (Å²) in [5, 5.41) is 87.4. The Bertz CT molecular complexity index is 1520. The number of unbranched alkanes of at least 4 members (excludes halogenated alkanes) is 45. The summed E-state index contributed by atoms with van der Waals surface area (Å²) >= 11 is 0. The van der Waals surface area contributed by atoms with Crippen molar-refractivity contribution < 1.29 is 64.6 Å². The number of aliphatic hydroxyl groups excluding tert-OH is 8. The van der Waals surface area contributed by atoms with E-state index in [0.29, 0.717) is 6.42 Å².